The minimum atomic E-state index is -0.511. The summed E-state index contributed by atoms with van der Waals surface area (Å²) in [5, 5.41) is 3.88. The second-order valence-electron chi connectivity index (χ2n) is 5.84. The van der Waals surface area contributed by atoms with Crippen LogP contribution in [0.3, 0.4) is 0 Å². The Morgan fingerprint density at radius 1 is 1.44 bits per heavy atom. The lowest BCUT2D eigenvalue weighted by molar-refractivity contribution is -0.134. The molecule has 1 aromatic rings. The second-order valence-corrected chi connectivity index (χ2v) is 5.84. The molecule has 1 rings (SSSR count). The van der Waals surface area contributed by atoms with Gasteiger partial charge in [-0.25, -0.2) is 0 Å². The maximum atomic E-state index is 12.2. The zero-order valence-corrected chi connectivity index (χ0v) is 12.1. The minimum absolute atomic E-state index is 0.0671. The van der Waals surface area contributed by atoms with Gasteiger partial charge in [0.05, 0.1) is 18.3 Å². The molecule has 0 bridgehead atoms. The minimum Gasteiger partial charge on any atom is -0.361 e. The quantitative estimate of drug-likeness (QED) is 0.888. The number of hydrogen-bond acceptors (Lipinski definition) is 4. The predicted octanol–water partition coefficient (Wildman–Crippen LogP) is 1.62. The zero-order chi connectivity index (χ0) is 14.1. The summed E-state index contributed by atoms with van der Waals surface area (Å²) in [6.45, 7) is 10.1. The number of carbonyl (C=O) groups excluding carboxylic acids is 1. The van der Waals surface area contributed by atoms with Crippen molar-refractivity contribution in [2.45, 2.75) is 47.2 Å². The first-order chi connectivity index (χ1) is 8.14. The topological polar surface area (TPSA) is 72.4 Å². The molecule has 102 valence electrons. The number of aryl methyl sites for hydroxylation is 2. The normalized spacial score (nSPS) is 13.5. The predicted molar refractivity (Wildman–Crippen MR) is 69.9 cm³/mol. The first-order valence-corrected chi connectivity index (χ1v) is 6.07. The van der Waals surface area contributed by atoms with Gasteiger partial charge in [-0.2, -0.15) is 0 Å². The van der Waals surface area contributed by atoms with Crippen LogP contribution in [0, 0.1) is 19.3 Å². The summed E-state index contributed by atoms with van der Waals surface area (Å²) in [4.78, 5) is 13.8. The van der Waals surface area contributed by atoms with Crippen molar-refractivity contribution < 1.29 is 9.32 Å². The lowest BCUT2D eigenvalue weighted by Crippen LogP contribution is -2.49. The van der Waals surface area contributed by atoms with E-state index in [1.807, 2.05) is 34.6 Å². The molecular formula is C13H23N3O2. The highest BCUT2D eigenvalue weighted by molar-refractivity contribution is 5.82. The van der Waals surface area contributed by atoms with Gasteiger partial charge >= 0.3 is 0 Å². The molecule has 0 fully saturated rings. The summed E-state index contributed by atoms with van der Waals surface area (Å²) >= 11 is 0. The summed E-state index contributed by atoms with van der Waals surface area (Å²) in [6.07, 6.45) is 0. The van der Waals surface area contributed by atoms with Gasteiger partial charge in [-0.3, -0.25) is 4.79 Å². The van der Waals surface area contributed by atoms with E-state index in [-0.39, 0.29) is 11.3 Å². The second kappa shape index (κ2) is 5.10. The van der Waals surface area contributed by atoms with E-state index in [2.05, 4.69) is 5.16 Å². The van der Waals surface area contributed by atoms with Gasteiger partial charge in [-0.15, -0.1) is 0 Å². The van der Waals surface area contributed by atoms with Crippen LogP contribution in [0.5, 0.6) is 0 Å². The average molecular weight is 253 g/mol. The number of amides is 1. The molecule has 18 heavy (non-hydrogen) atoms. The van der Waals surface area contributed by atoms with Crippen LogP contribution in [0.4, 0.5) is 0 Å². The molecule has 0 spiro atoms. The fourth-order valence-electron chi connectivity index (χ4n) is 1.65. The molecule has 1 unspecified atom stereocenters. The molecule has 0 aliphatic carbocycles. The third-order valence-electron chi connectivity index (χ3n) is 3.15. The number of nitrogens with two attached hydrogens (primary N) is 1. The van der Waals surface area contributed by atoms with Gasteiger partial charge in [0.25, 0.3) is 0 Å². The number of likely N-dealkylation sites (N-methyl/N-ethyl adjacent to an activating group) is 1. The molecule has 0 aromatic carbocycles. The Labute approximate surface area is 108 Å². The van der Waals surface area contributed by atoms with Crippen LogP contribution in [0.2, 0.25) is 0 Å². The fraction of sp³-hybridized carbons (Fsp3) is 0.692. The Hall–Kier alpha value is -1.36. The van der Waals surface area contributed by atoms with E-state index in [9.17, 15) is 4.79 Å². The molecule has 0 saturated carbocycles. The number of hydrogen-bond donors (Lipinski definition) is 1. The molecule has 5 heteroatoms. The smallest absolute Gasteiger partial charge is 0.240 e. The first-order valence-electron chi connectivity index (χ1n) is 6.07. The van der Waals surface area contributed by atoms with Crippen LogP contribution in [-0.4, -0.2) is 29.1 Å². The standard InChI is InChI=1S/C13H23N3O2/c1-8-10(9(2)18-15-8)7-16(6)12(17)11(14)13(3,4)5/h11H,7,14H2,1-6H3. The Kier molecular flexibility index (Phi) is 4.16. The number of aromatic nitrogens is 1. The monoisotopic (exact) mass is 253 g/mol. The molecular weight excluding hydrogens is 230 g/mol. The Bertz CT molecular complexity index is 412. The highest BCUT2D eigenvalue weighted by atomic mass is 16.5. The molecule has 1 amide bonds. The Morgan fingerprint density at radius 2 is 2.00 bits per heavy atom. The third-order valence-corrected chi connectivity index (χ3v) is 3.15. The van der Waals surface area contributed by atoms with Gasteiger partial charge in [0.2, 0.25) is 5.91 Å². The molecule has 2 N–H and O–H groups in total. The van der Waals surface area contributed by atoms with Gasteiger partial charge in [0.15, 0.2) is 0 Å². The average Bonchev–Trinajstić information content (AvgIpc) is 2.57. The van der Waals surface area contributed by atoms with Crippen molar-refractivity contribution in [2.75, 3.05) is 7.05 Å². The maximum absolute atomic E-state index is 12.2. The van der Waals surface area contributed by atoms with Gasteiger partial charge in [0, 0.05) is 12.6 Å². The number of rotatable bonds is 3. The molecule has 1 heterocycles. The van der Waals surface area contributed by atoms with Crippen molar-refractivity contribution in [3.05, 3.63) is 17.0 Å². The number of nitrogens with zero attached hydrogens (tertiary/aromatic N) is 2. The highest BCUT2D eigenvalue weighted by Gasteiger charge is 2.30. The molecule has 5 nitrogen and oxygen atoms in total. The molecule has 1 atom stereocenters. The van der Waals surface area contributed by atoms with E-state index in [0.717, 1.165) is 17.0 Å². The third kappa shape index (κ3) is 3.10. The van der Waals surface area contributed by atoms with Crippen molar-refractivity contribution >= 4 is 5.91 Å². The summed E-state index contributed by atoms with van der Waals surface area (Å²) in [6, 6.07) is -0.511. The van der Waals surface area contributed by atoms with E-state index in [0.29, 0.717) is 6.54 Å². The van der Waals surface area contributed by atoms with E-state index in [1.54, 1.807) is 11.9 Å². The lowest BCUT2D eigenvalue weighted by atomic mass is 9.86. The van der Waals surface area contributed by atoms with E-state index >= 15 is 0 Å². The summed E-state index contributed by atoms with van der Waals surface area (Å²) in [5.41, 5.74) is 7.49. The van der Waals surface area contributed by atoms with Gasteiger partial charge in [-0.1, -0.05) is 25.9 Å². The highest BCUT2D eigenvalue weighted by Crippen LogP contribution is 2.20. The fourth-order valence-corrected chi connectivity index (χ4v) is 1.65. The SMILES string of the molecule is Cc1noc(C)c1CN(C)C(=O)C(N)C(C)(C)C. The largest absolute Gasteiger partial charge is 0.361 e. The summed E-state index contributed by atoms with van der Waals surface area (Å²) < 4.78 is 5.08. The zero-order valence-electron chi connectivity index (χ0n) is 12.1. The Morgan fingerprint density at radius 3 is 2.39 bits per heavy atom. The van der Waals surface area contributed by atoms with E-state index in [4.69, 9.17) is 10.3 Å². The van der Waals surface area contributed by atoms with Crippen LogP contribution in [0.25, 0.3) is 0 Å². The van der Waals surface area contributed by atoms with Crippen LogP contribution < -0.4 is 5.73 Å². The summed E-state index contributed by atoms with van der Waals surface area (Å²) in [7, 11) is 1.75. The van der Waals surface area contributed by atoms with Gasteiger partial charge in [0.1, 0.15) is 5.76 Å². The van der Waals surface area contributed by atoms with Crippen molar-refractivity contribution in [1.82, 2.24) is 10.1 Å². The molecule has 0 radical (unpaired) electrons. The van der Waals surface area contributed by atoms with Crippen molar-refractivity contribution in [1.29, 1.82) is 0 Å². The molecule has 0 aliphatic rings. The van der Waals surface area contributed by atoms with Crippen LogP contribution >= 0.6 is 0 Å². The van der Waals surface area contributed by atoms with E-state index < -0.39 is 6.04 Å². The summed E-state index contributed by atoms with van der Waals surface area (Å²) in [5.74, 6) is 0.680. The molecule has 0 saturated heterocycles. The van der Waals surface area contributed by atoms with Gasteiger partial charge < -0.3 is 15.2 Å². The van der Waals surface area contributed by atoms with Crippen LogP contribution in [0.1, 0.15) is 37.8 Å². The van der Waals surface area contributed by atoms with Crippen LogP contribution in [-0.2, 0) is 11.3 Å². The maximum Gasteiger partial charge on any atom is 0.240 e. The molecule has 0 aliphatic heterocycles. The van der Waals surface area contributed by atoms with Crippen molar-refractivity contribution in [3.8, 4) is 0 Å². The van der Waals surface area contributed by atoms with Crippen molar-refractivity contribution in [2.24, 2.45) is 11.1 Å². The first kappa shape index (κ1) is 14.7. The van der Waals surface area contributed by atoms with Crippen LogP contribution in [0.15, 0.2) is 4.52 Å². The van der Waals surface area contributed by atoms with Gasteiger partial charge in [-0.05, 0) is 19.3 Å². The number of carbonyl (C=O) groups is 1. The van der Waals surface area contributed by atoms with E-state index in [1.165, 1.54) is 0 Å². The Balaban J connectivity index is 2.78. The molecule has 1 aromatic heterocycles. The lowest BCUT2D eigenvalue weighted by Gasteiger charge is -2.30. The van der Waals surface area contributed by atoms with Crippen molar-refractivity contribution in [3.63, 3.8) is 0 Å².